The first-order valence-corrected chi connectivity index (χ1v) is 4.75. The Morgan fingerprint density at radius 1 is 1.08 bits per heavy atom. The Labute approximate surface area is 82.4 Å². The molecular formula is C13H20. The predicted molar refractivity (Wildman–Crippen MR) is 61.8 cm³/mol. The van der Waals surface area contributed by atoms with Gasteiger partial charge in [-0.1, -0.05) is 48.1 Å². The molecule has 0 radical (unpaired) electrons. The van der Waals surface area contributed by atoms with E-state index >= 15 is 0 Å². The molecule has 72 valence electrons. The number of unbranched alkanes of at least 4 members (excludes halogenated alkanes) is 1. The summed E-state index contributed by atoms with van der Waals surface area (Å²) in [6.45, 7) is 10.0. The van der Waals surface area contributed by atoms with Gasteiger partial charge >= 0.3 is 0 Å². The largest absolute Gasteiger partial charge is 0.0961 e. The standard InChI is InChI=1S/C13H20/c1-12(2)10-8-6-5-7-9-11-13(3)4/h5-6,8,10-11H,1,7,9H2,2-4H3/b6-5-,10-8-. The molecule has 0 N–H and O–H groups in total. The summed E-state index contributed by atoms with van der Waals surface area (Å²) in [5.41, 5.74) is 2.49. The molecule has 0 saturated heterocycles. The summed E-state index contributed by atoms with van der Waals surface area (Å²) < 4.78 is 0. The maximum absolute atomic E-state index is 3.78. The van der Waals surface area contributed by atoms with E-state index < -0.39 is 0 Å². The van der Waals surface area contributed by atoms with Crippen molar-refractivity contribution in [1.82, 2.24) is 0 Å². The van der Waals surface area contributed by atoms with Crippen molar-refractivity contribution in [2.75, 3.05) is 0 Å². The predicted octanol–water partition coefficient (Wildman–Crippen LogP) is 4.42. The average molecular weight is 176 g/mol. The maximum Gasteiger partial charge on any atom is -0.0313 e. The van der Waals surface area contributed by atoms with Gasteiger partial charge in [0.1, 0.15) is 0 Å². The summed E-state index contributed by atoms with van der Waals surface area (Å²) in [5.74, 6) is 0. The first kappa shape index (κ1) is 12.0. The van der Waals surface area contributed by atoms with Crippen LogP contribution in [0.5, 0.6) is 0 Å². The third-order valence-corrected chi connectivity index (χ3v) is 1.51. The van der Waals surface area contributed by atoms with Crippen LogP contribution < -0.4 is 0 Å². The number of hydrogen-bond acceptors (Lipinski definition) is 0. The van der Waals surface area contributed by atoms with Crippen LogP contribution in [0.4, 0.5) is 0 Å². The highest BCUT2D eigenvalue weighted by atomic mass is 13.8. The van der Waals surface area contributed by atoms with Crippen LogP contribution in [0, 0.1) is 0 Å². The van der Waals surface area contributed by atoms with Gasteiger partial charge < -0.3 is 0 Å². The smallest absolute Gasteiger partial charge is 0.0313 e. The third-order valence-electron chi connectivity index (χ3n) is 1.51. The lowest BCUT2D eigenvalue weighted by Gasteiger charge is -1.88. The van der Waals surface area contributed by atoms with Crippen LogP contribution in [0.1, 0.15) is 33.6 Å². The second-order valence-electron chi connectivity index (χ2n) is 3.49. The van der Waals surface area contributed by atoms with Crippen LogP contribution in [0.2, 0.25) is 0 Å². The van der Waals surface area contributed by atoms with E-state index in [9.17, 15) is 0 Å². The van der Waals surface area contributed by atoms with Crippen molar-refractivity contribution in [3.05, 3.63) is 48.1 Å². The van der Waals surface area contributed by atoms with Crippen molar-refractivity contribution in [3.8, 4) is 0 Å². The minimum absolute atomic E-state index is 1.09. The van der Waals surface area contributed by atoms with E-state index in [1.54, 1.807) is 0 Å². The molecule has 0 aliphatic heterocycles. The molecule has 0 rings (SSSR count). The van der Waals surface area contributed by atoms with E-state index in [1.165, 1.54) is 5.57 Å². The summed E-state index contributed by atoms with van der Waals surface area (Å²) in [6.07, 6.45) is 12.8. The molecule has 0 aliphatic rings. The van der Waals surface area contributed by atoms with Crippen LogP contribution >= 0.6 is 0 Å². The number of allylic oxidation sites excluding steroid dienone is 7. The van der Waals surface area contributed by atoms with Crippen molar-refractivity contribution in [2.45, 2.75) is 33.6 Å². The van der Waals surface area contributed by atoms with Gasteiger partial charge in [0, 0.05) is 0 Å². The lowest BCUT2D eigenvalue weighted by molar-refractivity contribution is 1.03. The van der Waals surface area contributed by atoms with Crippen molar-refractivity contribution >= 4 is 0 Å². The van der Waals surface area contributed by atoms with Gasteiger partial charge in [-0.25, -0.2) is 0 Å². The maximum atomic E-state index is 3.78. The molecular weight excluding hydrogens is 156 g/mol. The second-order valence-corrected chi connectivity index (χ2v) is 3.49. The fourth-order valence-electron chi connectivity index (χ4n) is 0.863. The molecule has 0 fully saturated rings. The van der Waals surface area contributed by atoms with Gasteiger partial charge in [0.15, 0.2) is 0 Å². The Bertz CT molecular complexity index is 222. The second kappa shape index (κ2) is 7.60. The average Bonchev–Trinajstić information content (AvgIpc) is 2.01. The van der Waals surface area contributed by atoms with E-state index in [2.05, 4.69) is 38.7 Å². The van der Waals surface area contributed by atoms with Gasteiger partial charge in [0.25, 0.3) is 0 Å². The fourth-order valence-corrected chi connectivity index (χ4v) is 0.863. The topological polar surface area (TPSA) is 0 Å². The minimum Gasteiger partial charge on any atom is -0.0961 e. The van der Waals surface area contributed by atoms with E-state index in [-0.39, 0.29) is 0 Å². The summed E-state index contributed by atoms with van der Waals surface area (Å²) in [7, 11) is 0. The summed E-state index contributed by atoms with van der Waals surface area (Å²) >= 11 is 0. The molecule has 13 heavy (non-hydrogen) atoms. The fraction of sp³-hybridized carbons (Fsp3) is 0.385. The highest BCUT2D eigenvalue weighted by Gasteiger charge is 1.77. The van der Waals surface area contributed by atoms with E-state index in [0.29, 0.717) is 0 Å². The van der Waals surface area contributed by atoms with E-state index in [0.717, 1.165) is 18.4 Å². The van der Waals surface area contributed by atoms with Gasteiger partial charge in [0.2, 0.25) is 0 Å². The molecule has 0 atom stereocenters. The molecule has 0 heterocycles. The van der Waals surface area contributed by atoms with Gasteiger partial charge in [-0.2, -0.15) is 0 Å². The Morgan fingerprint density at radius 3 is 2.31 bits per heavy atom. The quantitative estimate of drug-likeness (QED) is 0.330. The van der Waals surface area contributed by atoms with Crippen molar-refractivity contribution < 1.29 is 0 Å². The van der Waals surface area contributed by atoms with Crippen molar-refractivity contribution in [1.29, 1.82) is 0 Å². The van der Waals surface area contributed by atoms with Crippen LogP contribution in [-0.2, 0) is 0 Å². The highest BCUT2D eigenvalue weighted by Crippen LogP contribution is 1.98. The minimum atomic E-state index is 1.09. The molecule has 0 unspecified atom stereocenters. The SMILES string of the molecule is C=C(C)/C=C\C=C/CCC=C(C)C. The van der Waals surface area contributed by atoms with Gasteiger partial charge in [0.05, 0.1) is 0 Å². The summed E-state index contributed by atoms with van der Waals surface area (Å²) in [5, 5.41) is 0. The highest BCUT2D eigenvalue weighted by molar-refractivity contribution is 5.16. The normalized spacial score (nSPS) is 11.0. The van der Waals surface area contributed by atoms with E-state index in [1.807, 2.05) is 19.1 Å². The van der Waals surface area contributed by atoms with E-state index in [4.69, 9.17) is 0 Å². The van der Waals surface area contributed by atoms with Crippen LogP contribution in [-0.4, -0.2) is 0 Å². The molecule has 0 amide bonds. The van der Waals surface area contributed by atoms with Gasteiger partial charge in [-0.3, -0.25) is 0 Å². The lowest BCUT2D eigenvalue weighted by Crippen LogP contribution is -1.67. The molecule has 0 nitrogen and oxygen atoms in total. The summed E-state index contributed by atoms with van der Waals surface area (Å²) in [6, 6.07) is 0. The first-order chi connectivity index (χ1) is 6.13. The Balaban J connectivity index is 3.54. The van der Waals surface area contributed by atoms with Gasteiger partial charge in [-0.15, -0.1) is 0 Å². The van der Waals surface area contributed by atoms with Crippen molar-refractivity contribution in [3.63, 3.8) is 0 Å². The third kappa shape index (κ3) is 11.0. The lowest BCUT2D eigenvalue weighted by atomic mass is 10.2. The Hall–Kier alpha value is -1.04. The van der Waals surface area contributed by atoms with Crippen LogP contribution in [0.3, 0.4) is 0 Å². The zero-order chi connectivity index (χ0) is 10.1. The Kier molecular flexibility index (Phi) is 6.99. The molecule has 0 heteroatoms. The first-order valence-electron chi connectivity index (χ1n) is 4.75. The molecule has 0 aromatic heterocycles. The van der Waals surface area contributed by atoms with Crippen LogP contribution in [0.25, 0.3) is 0 Å². The number of hydrogen-bond donors (Lipinski definition) is 0. The summed E-state index contributed by atoms with van der Waals surface area (Å²) in [4.78, 5) is 0. The zero-order valence-electron chi connectivity index (χ0n) is 9.01. The molecule has 0 aliphatic carbocycles. The monoisotopic (exact) mass is 176 g/mol. The number of rotatable bonds is 5. The Morgan fingerprint density at radius 2 is 1.77 bits per heavy atom. The molecule has 0 bridgehead atoms. The molecule has 0 spiro atoms. The molecule has 0 saturated carbocycles. The molecule has 0 aromatic carbocycles. The van der Waals surface area contributed by atoms with Crippen molar-refractivity contribution in [2.24, 2.45) is 0 Å². The van der Waals surface area contributed by atoms with Crippen LogP contribution in [0.15, 0.2) is 48.1 Å². The zero-order valence-corrected chi connectivity index (χ0v) is 9.01. The molecule has 0 aromatic rings. The van der Waals surface area contributed by atoms with Gasteiger partial charge in [-0.05, 0) is 33.6 Å².